The van der Waals surface area contributed by atoms with Crippen LogP contribution in [0.4, 0.5) is 11.4 Å². The lowest BCUT2D eigenvalue weighted by molar-refractivity contribution is -0.121. The lowest BCUT2D eigenvalue weighted by atomic mass is 9.69. The fraction of sp³-hybridized carbons (Fsp3) is 0.611. The molecule has 0 spiro atoms. The molecule has 1 saturated carbocycles. The van der Waals surface area contributed by atoms with E-state index in [0.29, 0.717) is 5.41 Å². The molecule has 1 aromatic carbocycles. The Labute approximate surface area is 128 Å². The van der Waals surface area contributed by atoms with E-state index in [-0.39, 0.29) is 11.8 Å². The lowest BCUT2D eigenvalue weighted by Crippen LogP contribution is -2.31. The summed E-state index contributed by atoms with van der Waals surface area (Å²) in [5, 5.41) is 3.01. The number of nitrogens with two attached hydrogens (primary N) is 1. The van der Waals surface area contributed by atoms with Crippen LogP contribution < -0.4 is 11.1 Å². The fourth-order valence-electron chi connectivity index (χ4n) is 3.18. The van der Waals surface area contributed by atoms with Crippen LogP contribution in [0.3, 0.4) is 0 Å². The molecule has 0 heterocycles. The van der Waals surface area contributed by atoms with Crippen LogP contribution in [-0.4, -0.2) is 5.91 Å². The van der Waals surface area contributed by atoms with Crippen molar-refractivity contribution in [2.45, 2.75) is 53.4 Å². The Morgan fingerprint density at radius 3 is 2.33 bits per heavy atom. The van der Waals surface area contributed by atoms with Gasteiger partial charge in [0.15, 0.2) is 0 Å². The van der Waals surface area contributed by atoms with Gasteiger partial charge in [0.25, 0.3) is 0 Å². The number of nitrogen functional groups attached to an aromatic ring is 1. The smallest absolute Gasteiger partial charge is 0.227 e. The minimum atomic E-state index is 0.144. The lowest BCUT2D eigenvalue weighted by Gasteiger charge is -2.36. The quantitative estimate of drug-likeness (QED) is 0.794. The van der Waals surface area contributed by atoms with Gasteiger partial charge in [-0.15, -0.1) is 0 Å². The van der Waals surface area contributed by atoms with Crippen LogP contribution in [0.15, 0.2) is 18.2 Å². The summed E-state index contributed by atoms with van der Waals surface area (Å²) in [5.74, 6) is 1.02. The fourth-order valence-corrected chi connectivity index (χ4v) is 3.18. The molecule has 3 heteroatoms. The van der Waals surface area contributed by atoms with Crippen molar-refractivity contribution in [3.8, 4) is 0 Å². The molecule has 0 radical (unpaired) electrons. The molecule has 1 aromatic rings. The van der Waals surface area contributed by atoms with Crippen molar-refractivity contribution in [2.75, 3.05) is 11.1 Å². The van der Waals surface area contributed by atoms with Crippen molar-refractivity contribution < 1.29 is 4.79 Å². The van der Waals surface area contributed by atoms with Gasteiger partial charge in [0, 0.05) is 17.3 Å². The Morgan fingerprint density at radius 2 is 1.81 bits per heavy atom. The predicted molar refractivity (Wildman–Crippen MR) is 89.1 cm³/mol. The molecule has 0 aliphatic heterocycles. The van der Waals surface area contributed by atoms with E-state index >= 15 is 0 Å². The Kier molecular flexibility index (Phi) is 4.60. The van der Waals surface area contributed by atoms with E-state index in [1.54, 1.807) is 0 Å². The number of benzene rings is 1. The zero-order valence-electron chi connectivity index (χ0n) is 13.7. The highest BCUT2D eigenvalue weighted by Crippen LogP contribution is 2.40. The SMILES string of the molecule is Cc1ccc(NC(=O)C2CCC(C(C)(C)C)CC2)cc1N. The minimum Gasteiger partial charge on any atom is -0.398 e. The van der Waals surface area contributed by atoms with Crippen molar-refractivity contribution in [3.05, 3.63) is 23.8 Å². The van der Waals surface area contributed by atoms with Crippen molar-refractivity contribution in [1.29, 1.82) is 0 Å². The number of hydrogen-bond acceptors (Lipinski definition) is 2. The first-order chi connectivity index (χ1) is 9.77. The van der Waals surface area contributed by atoms with E-state index in [1.165, 1.54) is 0 Å². The molecule has 2 rings (SSSR count). The van der Waals surface area contributed by atoms with Crippen LogP contribution in [0.5, 0.6) is 0 Å². The highest BCUT2D eigenvalue weighted by Gasteiger charge is 2.32. The molecule has 1 fully saturated rings. The molecule has 1 amide bonds. The van der Waals surface area contributed by atoms with Gasteiger partial charge in [-0.1, -0.05) is 26.8 Å². The second-order valence-electron chi connectivity index (χ2n) is 7.48. The molecule has 0 bridgehead atoms. The second-order valence-corrected chi connectivity index (χ2v) is 7.48. The third kappa shape index (κ3) is 3.99. The van der Waals surface area contributed by atoms with Crippen LogP contribution in [-0.2, 0) is 4.79 Å². The van der Waals surface area contributed by atoms with Gasteiger partial charge < -0.3 is 11.1 Å². The van der Waals surface area contributed by atoms with Crippen molar-refractivity contribution in [2.24, 2.45) is 17.3 Å². The van der Waals surface area contributed by atoms with Gasteiger partial charge in [-0.05, 0) is 61.6 Å². The molecule has 1 aliphatic carbocycles. The van der Waals surface area contributed by atoms with Gasteiger partial charge >= 0.3 is 0 Å². The van der Waals surface area contributed by atoms with Crippen molar-refractivity contribution in [3.63, 3.8) is 0 Å². The number of hydrogen-bond donors (Lipinski definition) is 2. The van der Waals surface area contributed by atoms with Crippen molar-refractivity contribution >= 4 is 17.3 Å². The predicted octanol–water partition coefficient (Wildman–Crippen LogP) is 4.37. The van der Waals surface area contributed by atoms with Crippen molar-refractivity contribution in [1.82, 2.24) is 0 Å². The molecule has 0 atom stereocenters. The minimum absolute atomic E-state index is 0.144. The summed E-state index contributed by atoms with van der Waals surface area (Å²) < 4.78 is 0. The molecule has 1 aliphatic rings. The number of nitrogens with one attached hydrogen (secondary N) is 1. The molecule has 3 nitrogen and oxygen atoms in total. The van der Waals surface area contributed by atoms with Crippen LogP contribution in [0.2, 0.25) is 0 Å². The van der Waals surface area contributed by atoms with Gasteiger partial charge in [0.1, 0.15) is 0 Å². The van der Waals surface area contributed by atoms with Crippen LogP contribution >= 0.6 is 0 Å². The summed E-state index contributed by atoms with van der Waals surface area (Å²) in [7, 11) is 0. The average Bonchev–Trinajstić information content (AvgIpc) is 2.42. The first-order valence-electron chi connectivity index (χ1n) is 7.94. The molecule has 0 saturated heterocycles. The molecule has 21 heavy (non-hydrogen) atoms. The number of rotatable bonds is 2. The Bertz CT molecular complexity index is 508. The standard InChI is InChI=1S/C18H28N2O/c1-12-5-10-15(11-16(12)19)20-17(21)13-6-8-14(9-7-13)18(2,3)4/h5,10-11,13-14H,6-9,19H2,1-4H3,(H,20,21). The third-order valence-corrected chi connectivity index (χ3v) is 4.87. The molecule has 116 valence electrons. The summed E-state index contributed by atoms with van der Waals surface area (Å²) in [6.07, 6.45) is 4.29. The molecular formula is C18H28N2O. The van der Waals surface area contributed by atoms with E-state index in [1.807, 2.05) is 25.1 Å². The van der Waals surface area contributed by atoms with Crippen LogP contribution in [0, 0.1) is 24.2 Å². The summed E-state index contributed by atoms with van der Waals surface area (Å²) in [4.78, 5) is 12.4. The zero-order valence-corrected chi connectivity index (χ0v) is 13.7. The third-order valence-electron chi connectivity index (χ3n) is 4.87. The first kappa shape index (κ1) is 15.9. The van der Waals surface area contributed by atoms with E-state index in [0.717, 1.165) is 48.5 Å². The van der Waals surface area contributed by atoms with Gasteiger partial charge in [-0.2, -0.15) is 0 Å². The topological polar surface area (TPSA) is 55.1 Å². The zero-order chi connectivity index (χ0) is 15.6. The average molecular weight is 288 g/mol. The molecular weight excluding hydrogens is 260 g/mol. The summed E-state index contributed by atoms with van der Waals surface area (Å²) in [6, 6.07) is 5.71. The largest absolute Gasteiger partial charge is 0.398 e. The summed E-state index contributed by atoms with van der Waals surface area (Å²) >= 11 is 0. The van der Waals surface area contributed by atoms with Gasteiger partial charge in [-0.3, -0.25) is 4.79 Å². The number of carbonyl (C=O) groups excluding carboxylic acids is 1. The van der Waals surface area contributed by atoms with Crippen LogP contribution in [0.25, 0.3) is 0 Å². The summed E-state index contributed by atoms with van der Waals surface area (Å²) in [6.45, 7) is 8.86. The van der Waals surface area contributed by atoms with E-state index in [4.69, 9.17) is 5.73 Å². The molecule has 3 N–H and O–H groups in total. The Balaban J connectivity index is 1.92. The maximum Gasteiger partial charge on any atom is 0.227 e. The maximum absolute atomic E-state index is 12.4. The van der Waals surface area contributed by atoms with E-state index < -0.39 is 0 Å². The first-order valence-corrected chi connectivity index (χ1v) is 7.94. The van der Waals surface area contributed by atoms with Gasteiger partial charge in [-0.25, -0.2) is 0 Å². The Hall–Kier alpha value is -1.51. The van der Waals surface area contributed by atoms with Gasteiger partial charge in [0.2, 0.25) is 5.91 Å². The number of carbonyl (C=O) groups is 1. The highest BCUT2D eigenvalue weighted by atomic mass is 16.1. The number of amides is 1. The Morgan fingerprint density at radius 1 is 1.19 bits per heavy atom. The normalized spacial score (nSPS) is 22.9. The molecule has 0 aromatic heterocycles. The summed E-state index contributed by atoms with van der Waals surface area (Å²) in [5.41, 5.74) is 8.82. The monoisotopic (exact) mass is 288 g/mol. The van der Waals surface area contributed by atoms with E-state index in [9.17, 15) is 4.79 Å². The van der Waals surface area contributed by atoms with E-state index in [2.05, 4.69) is 26.1 Å². The molecule has 0 unspecified atom stereocenters. The number of anilines is 2. The maximum atomic E-state index is 12.4. The number of aryl methyl sites for hydroxylation is 1. The van der Waals surface area contributed by atoms with Crippen LogP contribution in [0.1, 0.15) is 52.0 Å². The van der Waals surface area contributed by atoms with Gasteiger partial charge in [0.05, 0.1) is 0 Å². The second kappa shape index (κ2) is 6.08. The highest BCUT2D eigenvalue weighted by molar-refractivity contribution is 5.93.